The molecule has 0 aliphatic carbocycles. The van der Waals surface area contributed by atoms with Crippen LogP contribution in [0.5, 0.6) is 5.75 Å². The fraction of sp³-hybridized carbons (Fsp3) is 0.342. The Morgan fingerprint density at radius 2 is 1.12 bits per heavy atom. The fourth-order valence-electron chi connectivity index (χ4n) is 4.54. The van der Waals surface area contributed by atoms with E-state index in [2.05, 4.69) is 97.7 Å². The SMILES string of the molecule is CC(C)(C)OC(=O)CCCOCCOc1ccc(CCO)cc1.C[P+](c1ccccc1)(c1ccccc1)c1ccccc1.ClC(Cl)(Cl)Cl. The highest BCUT2D eigenvalue weighted by Gasteiger charge is 2.39. The van der Waals surface area contributed by atoms with Gasteiger partial charge in [0.2, 0.25) is 0 Å². The van der Waals surface area contributed by atoms with Crippen molar-refractivity contribution in [3.8, 4) is 5.75 Å². The molecule has 4 aromatic carbocycles. The first-order valence-corrected chi connectivity index (χ1v) is 19.4. The summed E-state index contributed by atoms with van der Waals surface area (Å²) < 4.78 is 14.6. The monoisotopic (exact) mass is 753 g/mol. The van der Waals surface area contributed by atoms with E-state index in [4.69, 9.17) is 65.7 Å². The molecule has 0 saturated carbocycles. The maximum atomic E-state index is 11.5. The van der Waals surface area contributed by atoms with Gasteiger partial charge in [0.05, 0.1) is 13.3 Å². The van der Waals surface area contributed by atoms with Gasteiger partial charge in [-0.25, -0.2) is 0 Å². The van der Waals surface area contributed by atoms with Crippen LogP contribution in [0.4, 0.5) is 0 Å². The molecule has 0 aliphatic heterocycles. The molecule has 4 aromatic rings. The van der Waals surface area contributed by atoms with Crippen LogP contribution < -0.4 is 20.7 Å². The van der Waals surface area contributed by atoms with E-state index < -0.39 is 16.1 Å². The fourth-order valence-corrected chi connectivity index (χ4v) is 7.74. The molecular weight excluding hydrogens is 709 g/mol. The summed E-state index contributed by atoms with van der Waals surface area (Å²) in [5.74, 6) is 0.587. The molecule has 0 radical (unpaired) electrons. The summed E-state index contributed by atoms with van der Waals surface area (Å²) in [5, 5.41) is 13.1. The Kier molecular flexibility index (Phi) is 18.9. The van der Waals surface area contributed by atoms with Crippen LogP contribution in [0.15, 0.2) is 115 Å². The number of alkyl halides is 4. The molecule has 0 heterocycles. The molecule has 0 spiro atoms. The molecule has 48 heavy (non-hydrogen) atoms. The Morgan fingerprint density at radius 1 is 0.688 bits per heavy atom. The molecule has 0 bridgehead atoms. The molecule has 0 aliphatic rings. The molecule has 0 atom stereocenters. The van der Waals surface area contributed by atoms with E-state index in [-0.39, 0.29) is 12.6 Å². The van der Waals surface area contributed by atoms with Gasteiger partial charge in [-0.15, -0.1) is 0 Å². The molecule has 0 fully saturated rings. The van der Waals surface area contributed by atoms with Crippen molar-refractivity contribution in [2.24, 2.45) is 0 Å². The van der Waals surface area contributed by atoms with Gasteiger partial charge in [-0.05, 0) is 87.7 Å². The largest absolute Gasteiger partial charge is 0.491 e. The van der Waals surface area contributed by atoms with Gasteiger partial charge < -0.3 is 19.3 Å². The van der Waals surface area contributed by atoms with Crippen LogP contribution in [0.2, 0.25) is 0 Å². The Balaban J connectivity index is 0.000000294. The molecule has 0 unspecified atom stereocenters. The van der Waals surface area contributed by atoms with Crippen molar-refractivity contribution in [1.29, 1.82) is 0 Å². The van der Waals surface area contributed by atoms with Crippen LogP contribution in [-0.4, -0.2) is 53.0 Å². The zero-order valence-corrected chi connectivity index (χ0v) is 31.9. The maximum Gasteiger partial charge on any atom is 0.306 e. The molecular formula is C38H46Cl4O5P+. The van der Waals surface area contributed by atoms with E-state index in [1.54, 1.807) is 0 Å². The van der Waals surface area contributed by atoms with E-state index in [0.29, 0.717) is 39.1 Å². The number of hydrogen-bond donors (Lipinski definition) is 1. The Labute approximate surface area is 306 Å². The van der Waals surface area contributed by atoms with Crippen LogP contribution in [0.3, 0.4) is 0 Å². The van der Waals surface area contributed by atoms with E-state index in [0.717, 1.165) is 11.3 Å². The average molecular weight is 756 g/mol. The lowest BCUT2D eigenvalue weighted by Crippen LogP contribution is -2.30. The van der Waals surface area contributed by atoms with Gasteiger partial charge in [0, 0.05) is 19.6 Å². The maximum absolute atomic E-state index is 11.5. The van der Waals surface area contributed by atoms with Crippen LogP contribution in [-0.2, 0) is 20.7 Å². The van der Waals surface area contributed by atoms with E-state index in [9.17, 15) is 4.79 Å². The zero-order chi connectivity index (χ0) is 35.5. The topological polar surface area (TPSA) is 65.0 Å². The van der Waals surface area contributed by atoms with Gasteiger partial charge >= 0.3 is 5.97 Å². The number of rotatable bonds is 13. The standard InChI is InChI=1S/C19H18P.C18H28O5.CCl4/c1-20(17-11-5-2-6-12-17,18-13-7-3-8-14-18)19-15-9-4-10-16-19;1-18(2,3)23-17(20)5-4-12-21-13-14-22-16-8-6-15(7-9-16)10-11-19;2-1(3,4)5/h2-16H,1H3;6-9,19H,4-5,10-14H2,1-3H3;/q+1;;. The lowest BCUT2D eigenvalue weighted by Gasteiger charge is -2.22. The van der Waals surface area contributed by atoms with Gasteiger partial charge in [-0.1, -0.05) is 113 Å². The highest BCUT2D eigenvalue weighted by Crippen LogP contribution is 2.51. The summed E-state index contributed by atoms with van der Waals surface area (Å²) >= 11 is 19.3. The second kappa shape index (κ2) is 21.7. The summed E-state index contributed by atoms with van der Waals surface area (Å²) in [6.45, 7) is 9.58. The van der Waals surface area contributed by atoms with E-state index >= 15 is 0 Å². The number of esters is 1. The second-order valence-corrected chi connectivity index (χ2v) is 18.7. The van der Waals surface area contributed by atoms with Crippen LogP contribution in [0.1, 0.15) is 39.2 Å². The number of carbonyl (C=O) groups is 1. The number of ether oxygens (including phenoxy) is 3. The van der Waals surface area contributed by atoms with Crippen molar-refractivity contribution < 1.29 is 24.1 Å². The number of carbonyl (C=O) groups excluding carboxylic acids is 1. The molecule has 0 aromatic heterocycles. The van der Waals surface area contributed by atoms with Crippen molar-refractivity contribution in [2.45, 2.75) is 48.9 Å². The number of benzene rings is 4. The number of hydrogen-bond acceptors (Lipinski definition) is 5. The first-order valence-electron chi connectivity index (χ1n) is 15.6. The highest BCUT2D eigenvalue weighted by atomic mass is 35.6. The van der Waals surface area contributed by atoms with Gasteiger partial charge in [-0.2, -0.15) is 0 Å². The van der Waals surface area contributed by atoms with E-state index in [1.165, 1.54) is 15.9 Å². The molecule has 1 N–H and O–H groups in total. The van der Waals surface area contributed by atoms with Gasteiger partial charge in [0.25, 0.3) is 3.25 Å². The molecule has 0 saturated heterocycles. The summed E-state index contributed by atoms with van der Waals surface area (Å²) in [5.41, 5.74) is 0.650. The van der Waals surface area contributed by atoms with E-state index in [1.807, 2.05) is 45.0 Å². The Morgan fingerprint density at radius 3 is 1.52 bits per heavy atom. The lowest BCUT2D eigenvalue weighted by atomic mass is 10.1. The minimum Gasteiger partial charge on any atom is -0.491 e. The first-order chi connectivity index (χ1) is 22.7. The van der Waals surface area contributed by atoms with Crippen molar-refractivity contribution in [3.05, 3.63) is 121 Å². The molecule has 10 heteroatoms. The quantitative estimate of drug-likeness (QED) is 0.0640. The number of halogens is 4. The predicted molar refractivity (Wildman–Crippen MR) is 206 cm³/mol. The zero-order valence-electron chi connectivity index (χ0n) is 28.0. The summed E-state index contributed by atoms with van der Waals surface area (Å²) in [6.07, 6.45) is 1.66. The Hall–Kier alpha value is -2.34. The molecule has 4 rings (SSSR count). The van der Waals surface area contributed by atoms with Gasteiger partial charge in [-0.3, -0.25) is 4.79 Å². The highest BCUT2D eigenvalue weighted by molar-refractivity contribution is 7.95. The molecule has 5 nitrogen and oxygen atoms in total. The second-order valence-electron chi connectivity index (χ2n) is 11.7. The van der Waals surface area contributed by atoms with Crippen molar-refractivity contribution in [2.75, 3.05) is 33.1 Å². The van der Waals surface area contributed by atoms with Crippen LogP contribution in [0.25, 0.3) is 0 Å². The minimum atomic E-state index is -1.61. The molecule has 0 amide bonds. The Bertz CT molecular complexity index is 1330. The van der Waals surface area contributed by atoms with Gasteiger partial charge in [0.15, 0.2) is 0 Å². The average Bonchev–Trinajstić information content (AvgIpc) is 3.05. The first kappa shape index (κ1) is 41.8. The molecule has 260 valence electrons. The third-order valence-electron chi connectivity index (χ3n) is 6.73. The summed E-state index contributed by atoms with van der Waals surface area (Å²) in [6, 6.07) is 40.3. The number of aliphatic hydroxyl groups excluding tert-OH is 1. The predicted octanol–water partition coefficient (Wildman–Crippen LogP) is 8.90. The van der Waals surface area contributed by atoms with Crippen molar-refractivity contribution in [3.63, 3.8) is 0 Å². The van der Waals surface area contributed by atoms with Gasteiger partial charge in [0.1, 0.15) is 41.1 Å². The third-order valence-corrected chi connectivity index (χ3v) is 10.7. The van der Waals surface area contributed by atoms with Crippen LogP contribution in [0, 0.1) is 0 Å². The van der Waals surface area contributed by atoms with Crippen molar-refractivity contribution >= 4 is 75.5 Å². The number of aliphatic hydroxyl groups is 1. The summed E-state index contributed by atoms with van der Waals surface area (Å²) in [7, 11) is -1.53. The third kappa shape index (κ3) is 17.4. The van der Waals surface area contributed by atoms with Crippen molar-refractivity contribution in [1.82, 2.24) is 0 Å². The summed E-state index contributed by atoms with van der Waals surface area (Å²) in [4.78, 5) is 11.5. The smallest absolute Gasteiger partial charge is 0.306 e. The minimum absolute atomic E-state index is 0.150. The van der Waals surface area contributed by atoms with Crippen LogP contribution >= 0.6 is 53.7 Å². The normalized spacial score (nSPS) is 11.4. The lowest BCUT2D eigenvalue weighted by molar-refractivity contribution is -0.155.